The van der Waals surface area contributed by atoms with Crippen LogP contribution in [-0.2, 0) is 14.4 Å². The topological polar surface area (TPSA) is 125 Å². The Kier molecular flexibility index (Phi) is 6.36. The first-order chi connectivity index (χ1) is 13.4. The van der Waals surface area contributed by atoms with E-state index in [9.17, 15) is 19.2 Å². The average Bonchev–Trinajstić information content (AvgIpc) is 3.36. The summed E-state index contributed by atoms with van der Waals surface area (Å²) >= 11 is 1.53. The summed E-state index contributed by atoms with van der Waals surface area (Å²) in [7, 11) is 0. The Labute approximate surface area is 169 Å². The van der Waals surface area contributed by atoms with Crippen LogP contribution >= 0.6 is 11.8 Å². The van der Waals surface area contributed by atoms with Crippen molar-refractivity contribution in [2.24, 2.45) is 5.73 Å². The molecule has 0 aromatic rings. The number of hydrogen-bond donors (Lipinski definition) is 3. The van der Waals surface area contributed by atoms with Crippen molar-refractivity contribution < 1.29 is 19.2 Å². The van der Waals surface area contributed by atoms with Crippen molar-refractivity contribution in [3.8, 4) is 0 Å². The number of nitrogens with zero attached hydrogens (tertiary/aromatic N) is 2. The predicted octanol–water partition coefficient (Wildman–Crippen LogP) is -0.00390. The van der Waals surface area contributed by atoms with Crippen LogP contribution in [0.1, 0.15) is 45.4 Å². The number of amides is 5. The van der Waals surface area contributed by atoms with E-state index in [0.29, 0.717) is 38.9 Å². The fourth-order valence-corrected chi connectivity index (χ4v) is 5.83. The van der Waals surface area contributed by atoms with Crippen LogP contribution in [0, 0.1) is 0 Å². The van der Waals surface area contributed by atoms with Crippen LogP contribution in [0.3, 0.4) is 0 Å². The van der Waals surface area contributed by atoms with Gasteiger partial charge in [0.05, 0.1) is 0 Å². The quantitative estimate of drug-likeness (QED) is 0.544. The zero-order chi connectivity index (χ0) is 20.3. The third kappa shape index (κ3) is 3.92. The molecule has 3 rings (SSSR count). The zero-order valence-electron chi connectivity index (χ0n) is 16.2. The number of nitrogens with two attached hydrogens (primary N) is 1. The molecule has 0 spiro atoms. The molecular weight excluding hydrogens is 382 g/mol. The molecule has 4 N–H and O–H groups in total. The zero-order valence-corrected chi connectivity index (χ0v) is 17.1. The summed E-state index contributed by atoms with van der Waals surface area (Å²) in [5.74, 6) is 0.520. The van der Waals surface area contributed by atoms with Crippen molar-refractivity contribution in [1.29, 1.82) is 0 Å². The van der Waals surface area contributed by atoms with Gasteiger partial charge in [-0.05, 0) is 25.7 Å². The van der Waals surface area contributed by atoms with Crippen molar-refractivity contribution in [3.05, 3.63) is 0 Å². The molecule has 3 fully saturated rings. The molecule has 5 amide bonds. The van der Waals surface area contributed by atoms with Gasteiger partial charge in [0, 0.05) is 37.8 Å². The first kappa shape index (κ1) is 20.8. The highest BCUT2D eigenvalue weighted by molar-refractivity contribution is 8.01. The molecule has 0 aromatic heterocycles. The van der Waals surface area contributed by atoms with E-state index in [1.54, 1.807) is 9.80 Å². The van der Waals surface area contributed by atoms with E-state index in [0.717, 1.165) is 25.0 Å². The minimum atomic E-state index is -0.775. The van der Waals surface area contributed by atoms with Gasteiger partial charge in [0.1, 0.15) is 6.04 Å². The molecule has 156 valence electrons. The maximum Gasteiger partial charge on any atom is 0.312 e. The molecule has 0 aliphatic carbocycles. The lowest BCUT2D eigenvalue weighted by atomic mass is 10.1. The first-order valence-corrected chi connectivity index (χ1v) is 11.0. The van der Waals surface area contributed by atoms with Gasteiger partial charge in [0.15, 0.2) is 4.87 Å². The van der Waals surface area contributed by atoms with Crippen molar-refractivity contribution >= 4 is 35.5 Å². The van der Waals surface area contributed by atoms with Crippen molar-refractivity contribution in [2.45, 2.75) is 62.4 Å². The lowest BCUT2D eigenvalue weighted by Crippen LogP contribution is -2.55. The molecule has 9 nitrogen and oxygen atoms in total. The average molecular weight is 412 g/mol. The van der Waals surface area contributed by atoms with E-state index in [1.165, 1.54) is 11.8 Å². The highest BCUT2D eigenvalue weighted by atomic mass is 32.2. The number of urea groups is 1. The summed E-state index contributed by atoms with van der Waals surface area (Å²) in [6.45, 7) is 3.51. The van der Waals surface area contributed by atoms with Gasteiger partial charge in [-0.15, -0.1) is 11.8 Å². The Morgan fingerprint density at radius 2 is 2.14 bits per heavy atom. The van der Waals surface area contributed by atoms with Gasteiger partial charge < -0.3 is 26.2 Å². The maximum atomic E-state index is 12.9. The Morgan fingerprint density at radius 3 is 2.86 bits per heavy atom. The number of fused-ring (bicyclic) bond motifs is 1. The summed E-state index contributed by atoms with van der Waals surface area (Å²) in [4.78, 5) is 51.7. The SMILES string of the molecule is CCCC(NC(N)=O)C(=O)N1CCC[C@@H]1CNC(=O)C12CCC(=O)N1CCS2. The highest BCUT2D eigenvalue weighted by Crippen LogP contribution is 2.44. The summed E-state index contributed by atoms with van der Waals surface area (Å²) < 4.78 is 0. The normalized spacial score (nSPS) is 27.6. The monoisotopic (exact) mass is 411 g/mol. The smallest absolute Gasteiger partial charge is 0.312 e. The third-order valence-corrected chi connectivity index (χ3v) is 7.25. The molecule has 0 saturated carbocycles. The fraction of sp³-hybridized carbons (Fsp3) is 0.778. The standard InChI is InChI=1S/C18H29N5O4S/c1-2-4-13(21-17(19)27)15(25)22-8-3-5-12(22)11-20-16(26)18-7-6-14(24)23(18)9-10-28-18/h12-13H,2-11H2,1H3,(H,20,26)(H3,19,21,27)/t12-,13?,18?/m1/s1. The van der Waals surface area contributed by atoms with Gasteiger partial charge in [0.25, 0.3) is 5.91 Å². The highest BCUT2D eigenvalue weighted by Gasteiger charge is 2.54. The molecule has 3 heterocycles. The Hall–Kier alpha value is -1.97. The van der Waals surface area contributed by atoms with Gasteiger partial charge >= 0.3 is 6.03 Å². The van der Waals surface area contributed by atoms with E-state index >= 15 is 0 Å². The minimum Gasteiger partial charge on any atom is -0.352 e. The van der Waals surface area contributed by atoms with E-state index < -0.39 is 16.9 Å². The lowest BCUT2D eigenvalue weighted by molar-refractivity contribution is -0.136. The number of hydrogen-bond acceptors (Lipinski definition) is 5. The van der Waals surface area contributed by atoms with E-state index in [-0.39, 0.29) is 23.8 Å². The number of primary amides is 1. The van der Waals surface area contributed by atoms with E-state index in [1.807, 2.05) is 6.92 Å². The second kappa shape index (κ2) is 8.59. The second-order valence-electron chi connectivity index (χ2n) is 7.57. The van der Waals surface area contributed by atoms with Crippen LogP contribution in [0.15, 0.2) is 0 Å². The van der Waals surface area contributed by atoms with E-state index in [4.69, 9.17) is 5.73 Å². The number of rotatable bonds is 7. The van der Waals surface area contributed by atoms with Crippen LogP contribution in [0.5, 0.6) is 0 Å². The van der Waals surface area contributed by atoms with Gasteiger partial charge in [-0.25, -0.2) is 4.79 Å². The summed E-state index contributed by atoms with van der Waals surface area (Å²) in [6.07, 6.45) is 3.86. The van der Waals surface area contributed by atoms with E-state index in [2.05, 4.69) is 10.6 Å². The second-order valence-corrected chi connectivity index (χ2v) is 8.94. The fourth-order valence-electron chi connectivity index (χ4n) is 4.42. The molecule has 2 unspecified atom stereocenters. The molecule has 3 aliphatic heterocycles. The maximum absolute atomic E-state index is 12.9. The number of thioether (sulfide) groups is 1. The largest absolute Gasteiger partial charge is 0.352 e. The molecule has 3 atom stereocenters. The van der Waals surface area contributed by atoms with Gasteiger partial charge in [-0.2, -0.15) is 0 Å². The Bertz CT molecular complexity index is 660. The van der Waals surface area contributed by atoms with Crippen LogP contribution < -0.4 is 16.4 Å². The summed E-state index contributed by atoms with van der Waals surface area (Å²) in [5.41, 5.74) is 5.21. The number of nitrogens with one attached hydrogen (secondary N) is 2. The summed E-state index contributed by atoms with van der Waals surface area (Å²) in [6, 6.07) is -1.45. The van der Waals surface area contributed by atoms with Gasteiger partial charge in [-0.1, -0.05) is 13.3 Å². The van der Waals surface area contributed by atoms with Crippen molar-refractivity contribution in [1.82, 2.24) is 20.4 Å². The van der Waals surface area contributed by atoms with Crippen LogP contribution in [0.25, 0.3) is 0 Å². The molecular formula is C18H29N5O4S. The van der Waals surface area contributed by atoms with Gasteiger partial charge in [-0.3, -0.25) is 14.4 Å². The molecule has 0 radical (unpaired) electrons. The van der Waals surface area contributed by atoms with Gasteiger partial charge in [0.2, 0.25) is 11.8 Å². The molecule has 28 heavy (non-hydrogen) atoms. The number of carbonyl (C=O) groups is 4. The number of carbonyl (C=O) groups excluding carboxylic acids is 4. The summed E-state index contributed by atoms with van der Waals surface area (Å²) in [5, 5.41) is 5.52. The molecule has 3 saturated heterocycles. The van der Waals surface area contributed by atoms with Crippen LogP contribution in [-0.4, -0.2) is 75.9 Å². The van der Waals surface area contributed by atoms with Crippen molar-refractivity contribution in [2.75, 3.05) is 25.4 Å². The predicted molar refractivity (Wildman–Crippen MR) is 105 cm³/mol. The molecule has 3 aliphatic rings. The Morgan fingerprint density at radius 1 is 1.36 bits per heavy atom. The van der Waals surface area contributed by atoms with Crippen LogP contribution in [0.4, 0.5) is 4.79 Å². The minimum absolute atomic E-state index is 0.0396. The lowest BCUT2D eigenvalue weighted by Gasteiger charge is -2.32. The molecule has 0 bridgehead atoms. The Balaban J connectivity index is 1.60. The first-order valence-electron chi connectivity index (χ1n) is 9.98. The van der Waals surface area contributed by atoms with Crippen LogP contribution in [0.2, 0.25) is 0 Å². The molecule has 0 aromatic carbocycles. The molecule has 10 heteroatoms. The van der Waals surface area contributed by atoms with Crippen molar-refractivity contribution in [3.63, 3.8) is 0 Å². The third-order valence-electron chi connectivity index (χ3n) is 5.78. The number of likely N-dealkylation sites (tertiary alicyclic amines) is 1.